The van der Waals surface area contributed by atoms with Crippen LogP contribution < -0.4 is 9.88 Å². The van der Waals surface area contributed by atoms with E-state index in [2.05, 4.69) is 32.4 Å². The van der Waals surface area contributed by atoms with Gasteiger partial charge in [0.15, 0.2) is 12.4 Å². The molecule has 0 atom stereocenters. The van der Waals surface area contributed by atoms with Crippen LogP contribution in [0.2, 0.25) is 0 Å². The van der Waals surface area contributed by atoms with Crippen LogP contribution in [-0.4, -0.2) is 22.0 Å². The van der Waals surface area contributed by atoms with Gasteiger partial charge in [0.1, 0.15) is 12.1 Å². The molecule has 0 spiro atoms. The number of anilines is 1. The van der Waals surface area contributed by atoms with Crippen LogP contribution in [0.3, 0.4) is 0 Å². The van der Waals surface area contributed by atoms with Crippen LogP contribution in [0, 0.1) is 6.92 Å². The largest absolute Gasteiger partial charge is 0.357 e. The monoisotopic (exact) mass is 298 g/mol. The van der Waals surface area contributed by atoms with E-state index in [1.165, 1.54) is 0 Å². The Morgan fingerprint density at radius 2 is 1.90 bits per heavy atom. The van der Waals surface area contributed by atoms with E-state index >= 15 is 0 Å². The fourth-order valence-corrected chi connectivity index (χ4v) is 3.05. The number of hydrogen-bond donors (Lipinski definition) is 1. The number of aromatic nitrogens is 4. The first-order chi connectivity index (χ1) is 10.2. The van der Waals surface area contributed by atoms with E-state index < -0.39 is 0 Å². The Labute approximate surface area is 127 Å². The Morgan fingerprint density at radius 3 is 2.62 bits per heavy atom. The van der Waals surface area contributed by atoms with E-state index in [4.69, 9.17) is 0 Å². The second-order valence-electron chi connectivity index (χ2n) is 4.70. The molecule has 0 aliphatic rings. The maximum atomic E-state index is 4.67. The van der Waals surface area contributed by atoms with Gasteiger partial charge in [-0.15, -0.1) is 11.3 Å². The Bertz CT molecular complexity index is 764. The molecular formula is C15H16N5S+. The molecule has 0 radical (unpaired) electrons. The summed E-state index contributed by atoms with van der Waals surface area (Å²) in [5.74, 6) is 0.619. The van der Waals surface area contributed by atoms with Crippen LogP contribution in [-0.2, 0) is 7.05 Å². The van der Waals surface area contributed by atoms with Crippen molar-refractivity contribution in [3.8, 4) is 21.1 Å². The number of aryl methyl sites for hydroxylation is 2. The molecule has 5 nitrogen and oxygen atoms in total. The van der Waals surface area contributed by atoms with Gasteiger partial charge in [0.05, 0.1) is 16.3 Å². The Morgan fingerprint density at radius 1 is 1.14 bits per heavy atom. The average Bonchev–Trinajstić information content (AvgIpc) is 2.90. The third-order valence-electron chi connectivity index (χ3n) is 3.13. The first-order valence-corrected chi connectivity index (χ1v) is 7.43. The minimum Gasteiger partial charge on any atom is -0.357 e. The quantitative estimate of drug-likeness (QED) is 0.755. The molecule has 6 heteroatoms. The smallest absolute Gasteiger partial charge is 0.222 e. The second kappa shape index (κ2) is 5.57. The third-order valence-corrected chi connectivity index (χ3v) is 4.36. The summed E-state index contributed by atoms with van der Waals surface area (Å²) in [4.78, 5) is 14.4. The van der Waals surface area contributed by atoms with Crippen molar-refractivity contribution >= 4 is 17.3 Å². The zero-order chi connectivity index (χ0) is 14.8. The molecule has 0 unspecified atom stereocenters. The van der Waals surface area contributed by atoms with Crippen LogP contribution >= 0.6 is 11.3 Å². The molecule has 0 bridgehead atoms. The van der Waals surface area contributed by atoms with Gasteiger partial charge in [0.2, 0.25) is 5.95 Å². The van der Waals surface area contributed by atoms with E-state index in [0.29, 0.717) is 5.95 Å². The Hall–Kier alpha value is -2.34. The zero-order valence-corrected chi connectivity index (χ0v) is 13.0. The molecule has 3 rings (SSSR count). The molecule has 21 heavy (non-hydrogen) atoms. The molecule has 0 aromatic carbocycles. The molecule has 106 valence electrons. The lowest BCUT2D eigenvalue weighted by molar-refractivity contribution is -0.671. The molecule has 0 fully saturated rings. The minimum atomic E-state index is 0.619. The van der Waals surface area contributed by atoms with E-state index in [0.717, 1.165) is 26.8 Å². The van der Waals surface area contributed by atoms with Crippen LogP contribution in [0.4, 0.5) is 5.95 Å². The van der Waals surface area contributed by atoms with Gasteiger partial charge in [-0.2, -0.15) is 0 Å². The highest BCUT2D eigenvalue weighted by molar-refractivity contribution is 7.18. The maximum Gasteiger partial charge on any atom is 0.222 e. The van der Waals surface area contributed by atoms with Gasteiger partial charge in [0, 0.05) is 30.9 Å². The molecule has 0 aliphatic heterocycles. The molecule has 3 aromatic heterocycles. The van der Waals surface area contributed by atoms with Gasteiger partial charge in [-0.1, -0.05) is 0 Å². The van der Waals surface area contributed by atoms with Crippen molar-refractivity contribution in [1.29, 1.82) is 0 Å². The summed E-state index contributed by atoms with van der Waals surface area (Å²) >= 11 is 1.65. The lowest BCUT2D eigenvalue weighted by atomic mass is 10.3. The fourth-order valence-electron chi connectivity index (χ4n) is 2.01. The van der Waals surface area contributed by atoms with E-state index in [1.807, 2.05) is 44.0 Å². The number of thiazole rings is 1. The van der Waals surface area contributed by atoms with Gasteiger partial charge in [-0.05, 0) is 13.0 Å². The molecule has 0 saturated carbocycles. The van der Waals surface area contributed by atoms with Crippen LogP contribution in [0.25, 0.3) is 21.1 Å². The Kier molecular flexibility index (Phi) is 3.62. The highest BCUT2D eigenvalue weighted by Gasteiger charge is 2.13. The number of pyridine rings is 1. The number of rotatable bonds is 3. The summed E-state index contributed by atoms with van der Waals surface area (Å²) in [6.07, 6.45) is 5.81. The summed E-state index contributed by atoms with van der Waals surface area (Å²) in [5.41, 5.74) is 3.01. The van der Waals surface area contributed by atoms with Crippen LogP contribution in [0.5, 0.6) is 0 Å². The fraction of sp³-hybridized carbons (Fsp3) is 0.200. The second-order valence-corrected chi connectivity index (χ2v) is 5.70. The van der Waals surface area contributed by atoms with E-state index in [9.17, 15) is 0 Å². The molecule has 0 saturated heterocycles. The first kappa shape index (κ1) is 13.6. The van der Waals surface area contributed by atoms with Crippen molar-refractivity contribution in [2.75, 3.05) is 12.4 Å². The molecule has 0 amide bonds. The summed E-state index contributed by atoms with van der Waals surface area (Å²) in [7, 11) is 3.82. The number of hydrogen-bond acceptors (Lipinski definition) is 5. The molecule has 3 aromatic rings. The van der Waals surface area contributed by atoms with Crippen molar-refractivity contribution in [2.45, 2.75) is 6.92 Å². The topological polar surface area (TPSA) is 54.6 Å². The third kappa shape index (κ3) is 2.75. The predicted molar refractivity (Wildman–Crippen MR) is 84.0 cm³/mol. The summed E-state index contributed by atoms with van der Waals surface area (Å²) in [6, 6.07) is 6.05. The van der Waals surface area contributed by atoms with Gasteiger partial charge in [0.25, 0.3) is 0 Å². The lowest BCUT2D eigenvalue weighted by Crippen LogP contribution is -2.25. The number of nitrogens with one attached hydrogen (secondary N) is 1. The minimum absolute atomic E-state index is 0.619. The standard InChI is InChI=1S/C15H16N5S/c1-10-13(12-4-7-17-15(16-2)19-12)21-14(18-10)11-5-8-20(3)9-6-11/h4-9H,1-3H3,(H,16,17,19)/q+1. The molecule has 0 aliphatic carbocycles. The van der Waals surface area contributed by atoms with E-state index in [-0.39, 0.29) is 0 Å². The van der Waals surface area contributed by atoms with Gasteiger partial charge < -0.3 is 5.32 Å². The molecule has 1 N–H and O–H groups in total. The van der Waals surface area contributed by atoms with Crippen molar-refractivity contribution in [3.63, 3.8) is 0 Å². The summed E-state index contributed by atoms with van der Waals surface area (Å²) in [5, 5.41) is 3.97. The zero-order valence-electron chi connectivity index (χ0n) is 12.2. The highest BCUT2D eigenvalue weighted by atomic mass is 32.1. The molecule has 3 heterocycles. The Balaban J connectivity index is 2.03. The number of nitrogens with zero attached hydrogens (tertiary/aromatic N) is 4. The van der Waals surface area contributed by atoms with Crippen LogP contribution in [0.1, 0.15) is 5.69 Å². The highest BCUT2D eigenvalue weighted by Crippen LogP contribution is 2.33. The van der Waals surface area contributed by atoms with Crippen molar-refractivity contribution < 1.29 is 4.57 Å². The average molecular weight is 298 g/mol. The summed E-state index contributed by atoms with van der Waals surface area (Å²) < 4.78 is 2.01. The lowest BCUT2D eigenvalue weighted by Gasteiger charge is -2.00. The van der Waals surface area contributed by atoms with Crippen molar-refractivity contribution in [1.82, 2.24) is 15.0 Å². The van der Waals surface area contributed by atoms with E-state index in [1.54, 1.807) is 17.5 Å². The normalized spacial score (nSPS) is 10.6. The van der Waals surface area contributed by atoms with Gasteiger partial charge >= 0.3 is 0 Å². The molecular weight excluding hydrogens is 282 g/mol. The SMILES string of the molecule is CNc1nccc(-c2sc(-c3cc[n+](C)cc3)nc2C)n1. The van der Waals surface area contributed by atoms with Crippen molar-refractivity contribution in [2.24, 2.45) is 7.05 Å². The maximum absolute atomic E-state index is 4.67. The van der Waals surface area contributed by atoms with Gasteiger partial charge in [-0.25, -0.2) is 19.5 Å². The van der Waals surface area contributed by atoms with Crippen LogP contribution in [0.15, 0.2) is 36.8 Å². The van der Waals surface area contributed by atoms with Crippen molar-refractivity contribution in [3.05, 3.63) is 42.5 Å². The first-order valence-electron chi connectivity index (χ1n) is 6.61. The summed E-state index contributed by atoms with van der Waals surface area (Å²) in [6.45, 7) is 2.01. The van der Waals surface area contributed by atoms with Gasteiger partial charge in [-0.3, -0.25) is 0 Å². The predicted octanol–water partition coefficient (Wildman–Crippen LogP) is 2.44.